The molecule has 1 atom stereocenters. The number of pyridine rings is 1. The van der Waals surface area contributed by atoms with Crippen molar-refractivity contribution in [2.24, 2.45) is 0 Å². The lowest BCUT2D eigenvalue weighted by molar-refractivity contribution is 0.0937. The van der Waals surface area contributed by atoms with Crippen molar-refractivity contribution in [3.63, 3.8) is 0 Å². The Morgan fingerprint density at radius 3 is 2.61 bits per heavy atom. The first-order chi connectivity index (χ1) is 13.7. The highest BCUT2D eigenvalue weighted by Gasteiger charge is 2.23. The summed E-state index contributed by atoms with van der Waals surface area (Å²) in [5, 5.41) is 11.5. The molecule has 1 saturated carbocycles. The van der Waals surface area contributed by atoms with Crippen LogP contribution in [0.4, 0.5) is 0 Å². The molecule has 1 N–H and O–H groups in total. The molecule has 0 bridgehead atoms. The summed E-state index contributed by atoms with van der Waals surface area (Å²) in [6.07, 6.45) is 11.2. The van der Waals surface area contributed by atoms with E-state index in [9.17, 15) is 4.79 Å². The molecular formula is C22H25N5O. The van der Waals surface area contributed by atoms with Gasteiger partial charge in [-0.15, -0.1) is 5.10 Å². The van der Waals surface area contributed by atoms with E-state index in [0.29, 0.717) is 11.7 Å². The molecule has 3 aromatic rings. The van der Waals surface area contributed by atoms with Crippen molar-refractivity contribution in [2.45, 2.75) is 51.1 Å². The van der Waals surface area contributed by atoms with Gasteiger partial charge in [-0.05, 0) is 48.6 Å². The third-order valence-corrected chi connectivity index (χ3v) is 5.51. The van der Waals surface area contributed by atoms with E-state index >= 15 is 0 Å². The van der Waals surface area contributed by atoms with Crippen LogP contribution in [0.25, 0.3) is 0 Å². The Hall–Kier alpha value is -3.02. The van der Waals surface area contributed by atoms with Crippen molar-refractivity contribution in [2.75, 3.05) is 0 Å². The molecule has 6 nitrogen and oxygen atoms in total. The molecular weight excluding hydrogens is 350 g/mol. The van der Waals surface area contributed by atoms with E-state index in [2.05, 4.69) is 33.6 Å². The SMILES string of the molecule is Cc1ccccc1[C@H](NC(=O)c1cn(C2CCCCC2)nn1)c1ccncc1. The standard InChI is InChI=1S/C22H25N5O/c1-16-7-5-6-10-19(16)21(17-11-13-23-14-12-17)24-22(28)20-15-27(26-25-20)18-8-3-2-4-9-18/h5-7,10-15,18,21H,2-4,8-9H2,1H3,(H,24,28)/t21-/m1/s1. The van der Waals surface area contributed by atoms with Crippen molar-refractivity contribution in [3.05, 3.63) is 77.4 Å². The van der Waals surface area contributed by atoms with Gasteiger partial charge in [0.2, 0.25) is 0 Å². The van der Waals surface area contributed by atoms with Crippen molar-refractivity contribution in [1.29, 1.82) is 0 Å². The van der Waals surface area contributed by atoms with Crippen LogP contribution in [0.3, 0.4) is 0 Å². The number of aryl methyl sites for hydroxylation is 1. The topological polar surface area (TPSA) is 72.7 Å². The van der Waals surface area contributed by atoms with Gasteiger partial charge in [0, 0.05) is 12.4 Å². The van der Waals surface area contributed by atoms with Gasteiger partial charge in [-0.25, -0.2) is 4.68 Å². The minimum absolute atomic E-state index is 0.216. The number of nitrogens with one attached hydrogen (secondary N) is 1. The number of carbonyl (C=O) groups excluding carboxylic acids is 1. The Kier molecular flexibility index (Phi) is 5.46. The van der Waals surface area contributed by atoms with E-state index < -0.39 is 0 Å². The predicted molar refractivity (Wildman–Crippen MR) is 107 cm³/mol. The molecule has 0 radical (unpaired) electrons. The second kappa shape index (κ2) is 8.33. The summed E-state index contributed by atoms with van der Waals surface area (Å²) in [4.78, 5) is 17.1. The quantitative estimate of drug-likeness (QED) is 0.731. The van der Waals surface area contributed by atoms with E-state index in [1.165, 1.54) is 19.3 Å². The zero-order valence-corrected chi connectivity index (χ0v) is 16.1. The number of nitrogens with zero attached hydrogens (tertiary/aromatic N) is 4. The summed E-state index contributed by atoms with van der Waals surface area (Å²) in [5.41, 5.74) is 3.52. The number of rotatable bonds is 5. The molecule has 28 heavy (non-hydrogen) atoms. The zero-order chi connectivity index (χ0) is 19.3. The van der Waals surface area contributed by atoms with E-state index in [1.54, 1.807) is 18.6 Å². The van der Waals surface area contributed by atoms with E-state index in [0.717, 1.165) is 29.5 Å². The first-order valence-corrected chi connectivity index (χ1v) is 9.90. The van der Waals surface area contributed by atoms with Gasteiger partial charge in [0.05, 0.1) is 18.3 Å². The second-order valence-electron chi connectivity index (χ2n) is 7.42. The van der Waals surface area contributed by atoms with Crippen LogP contribution in [-0.4, -0.2) is 25.9 Å². The Morgan fingerprint density at radius 1 is 1.11 bits per heavy atom. The third-order valence-electron chi connectivity index (χ3n) is 5.51. The lowest BCUT2D eigenvalue weighted by atomic mass is 9.95. The normalized spacial score (nSPS) is 15.9. The molecule has 1 aliphatic rings. The largest absolute Gasteiger partial charge is 0.340 e. The first-order valence-electron chi connectivity index (χ1n) is 9.90. The summed E-state index contributed by atoms with van der Waals surface area (Å²) >= 11 is 0. The molecule has 2 aromatic heterocycles. The Labute approximate surface area is 165 Å². The smallest absolute Gasteiger partial charge is 0.274 e. The van der Waals surface area contributed by atoms with Crippen LogP contribution in [0.15, 0.2) is 55.0 Å². The highest BCUT2D eigenvalue weighted by Crippen LogP contribution is 2.28. The minimum atomic E-state index is -0.267. The van der Waals surface area contributed by atoms with Crippen LogP contribution in [0, 0.1) is 6.92 Å². The highest BCUT2D eigenvalue weighted by molar-refractivity contribution is 5.92. The fourth-order valence-corrected chi connectivity index (χ4v) is 3.92. The molecule has 0 spiro atoms. The van der Waals surface area contributed by atoms with Gasteiger partial charge in [0.15, 0.2) is 5.69 Å². The van der Waals surface area contributed by atoms with Gasteiger partial charge >= 0.3 is 0 Å². The zero-order valence-electron chi connectivity index (χ0n) is 16.1. The number of hydrogen-bond acceptors (Lipinski definition) is 4. The van der Waals surface area contributed by atoms with Crippen molar-refractivity contribution < 1.29 is 4.79 Å². The van der Waals surface area contributed by atoms with E-state index in [4.69, 9.17) is 0 Å². The molecule has 144 valence electrons. The highest BCUT2D eigenvalue weighted by atomic mass is 16.2. The molecule has 0 unspecified atom stereocenters. The van der Waals surface area contributed by atoms with Gasteiger partial charge in [-0.3, -0.25) is 9.78 Å². The summed E-state index contributed by atoms with van der Waals surface area (Å²) in [6.45, 7) is 2.05. The van der Waals surface area contributed by atoms with E-state index in [-0.39, 0.29) is 11.9 Å². The van der Waals surface area contributed by atoms with Crippen LogP contribution in [-0.2, 0) is 0 Å². The Morgan fingerprint density at radius 2 is 1.86 bits per heavy atom. The number of hydrogen-bond donors (Lipinski definition) is 1. The maximum Gasteiger partial charge on any atom is 0.274 e. The van der Waals surface area contributed by atoms with E-state index in [1.807, 2.05) is 35.0 Å². The van der Waals surface area contributed by atoms with Crippen LogP contribution in [0.1, 0.15) is 71.4 Å². The summed E-state index contributed by atoms with van der Waals surface area (Å²) in [5.74, 6) is -0.216. The van der Waals surface area contributed by atoms with Gasteiger partial charge < -0.3 is 5.32 Å². The van der Waals surface area contributed by atoms with Crippen molar-refractivity contribution >= 4 is 5.91 Å². The fraction of sp³-hybridized carbons (Fsp3) is 0.364. The van der Waals surface area contributed by atoms with Gasteiger partial charge in [0.1, 0.15) is 0 Å². The van der Waals surface area contributed by atoms with Crippen LogP contribution >= 0.6 is 0 Å². The number of carbonyl (C=O) groups is 1. The predicted octanol–water partition coefficient (Wildman–Crippen LogP) is 4.01. The van der Waals surface area contributed by atoms with Crippen molar-refractivity contribution in [3.8, 4) is 0 Å². The Balaban J connectivity index is 1.58. The molecule has 4 rings (SSSR count). The maximum absolute atomic E-state index is 13.0. The third kappa shape index (κ3) is 3.96. The summed E-state index contributed by atoms with van der Waals surface area (Å²) in [7, 11) is 0. The lowest BCUT2D eigenvalue weighted by Crippen LogP contribution is -2.30. The fourth-order valence-electron chi connectivity index (χ4n) is 3.92. The monoisotopic (exact) mass is 375 g/mol. The van der Waals surface area contributed by atoms with Gasteiger partial charge in [0.25, 0.3) is 5.91 Å². The molecule has 1 amide bonds. The van der Waals surface area contributed by atoms with Crippen LogP contribution in [0.2, 0.25) is 0 Å². The lowest BCUT2D eigenvalue weighted by Gasteiger charge is -2.21. The molecule has 2 heterocycles. The molecule has 1 aromatic carbocycles. The minimum Gasteiger partial charge on any atom is -0.340 e. The molecule has 6 heteroatoms. The average Bonchev–Trinajstić information content (AvgIpc) is 3.24. The summed E-state index contributed by atoms with van der Waals surface area (Å²) < 4.78 is 1.86. The Bertz CT molecular complexity index is 931. The second-order valence-corrected chi connectivity index (χ2v) is 7.42. The van der Waals surface area contributed by atoms with Crippen molar-refractivity contribution in [1.82, 2.24) is 25.3 Å². The molecule has 1 aliphatic carbocycles. The molecule has 0 aliphatic heterocycles. The number of benzene rings is 1. The maximum atomic E-state index is 13.0. The summed E-state index contributed by atoms with van der Waals surface area (Å²) in [6, 6.07) is 12.0. The average molecular weight is 375 g/mol. The van der Waals surface area contributed by atoms with Gasteiger partial charge in [-0.2, -0.15) is 0 Å². The number of amides is 1. The number of aromatic nitrogens is 4. The first kappa shape index (κ1) is 18.3. The molecule has 1 fully saturated rings. The molecule has 0 saturated heterocycles. The van der Waals surface area contributed by atoms with Gasteiger partial charge in [-0.1, -0.05) is 48.7 Å². The van der Waals surface area contributed by atoms with Crippen LogP contribution in [0.5, 0.6) is 0 Å². The van der Waals surface area contributed by atoms with Crippen LogP contribution < -0.4 is 5.32 Å².